The summed E-state index contributed by atoms with van der Waals surface area (Å²) in [6.07, 6.45) is -4.10. The number of carbonyl (C=O) groups is 1. The van der Waals surface area contributed by atoms with E-state index >= 15 is 0 Å². The SMILES string of the molecule is O=C(O[C@@H]1CC[C@@H](OCc2ccccc2)[C@@H](O)[C@H]1O)c1cc([N+](=O)[O-])cc([N+](=O)[O-])c1. The van der Waals surface area contributed by atoms with E-state index < -0.39 is 57.2 Å². The molecule has 0 amide bonds. The van der Waals surface area contributed by atoms with Crippen molar-refractivity contribution in [3.05, 3.63) is 79.9 Å². The lowest BCUT2D eigenvalue weighted by Crippen LogP contribution is -2.51. The Labute approximate surface area is 176 Å². The van der Waals surface area contributed by atoms with E-state index in [0.29, 0.717) is 0 Å². The summed E-state index contributed by atoms with van der Waals surface area (Å²) in [4.78, 5) is 32.6. The van der Waals surface area contributed by atoms with Crippen LogP contribution in [0.3, 0.4) is 0 Å². The summed E-state index contributed by atoms with van der Waals surface area (Å²) in [6, 6.07) is 11.7. The van der Waals surface area contributed by atoms with Crippen molar-refractivity contribution in [1.82, 2.24) is 0 Å². The van der Waals surface area contributed by atoms with Gasteiger partial charge in [0.25, 0.3) is 11.4 Å². The molecule has 0 heterocycles. The highest BCUT2D eigenvalue weighted by atomic mass is 16.6. The molecule has 1 aliphatic rings. The quantitative estimate of drug-likeness (QED) is 0.379. The van der Waals surface area contributed by atoms with Gasteiger partial charge in [0.05, 0.1) is 34.2 Å². The Bertz CT molecular complexity index is 934. The number of ether oxygens (including phenoxy) is 2. The molecule has 1 fully saturated rings. The predicted octanol–water partition coefficient (Wildman–Crippen LogP) is 2.13. The highest BCUT2D eigenvalue weighted by molar-refractivity contribution is 5.91. The van der Waals surface area contributed by atoms with Gasteiger partial charge in [0.2, 0.25) is 0 Å². The minimum atomic E-state index is -1.45. The number of hydrogen-bond acceptors (Lipinski definition) is 9. The molecule has 11 heteroatoms. The van der Waals surface area contributed by atoms with E-state index in [1.165, 1.54) is 0 Å². The van der Waals surface area contributed by atoms with Gasteiger partial charge in [0.15, 0.2) is 0 Å². The summed E-state index contributed by atoms with van der Waals surface area (Å²) in [5.41, 5.74) is -0.783. The van der Waals surface area contributed by atoms with Crippen molar-refractivity contribution in [2.75, 3.05) is 0 Å². The van der Waals surface area contributed by atoms with Crippen LogP contribution in [0.25, 0.3) is 0 Å². The average molecular weight is 432 g/mol. The van der Waals surface area contributed by atoms with E-state index in [9.17, 15) is 35.2 Å². The molecule has 2 aromatic carbocycles. The number of nitro benzene ring substituents is 2. The van der Waals surface area contributed by atoms with Crippen molar-refractivity contribution in [2.45, 2.75) is 43.9 Å². The standard InChI is InChI=1S/C20H20N2O9/c23-18-16(30-11-12-4-2-1-3-5-12)6-7-17(19(18)24)31-20(25)13-8-14(21(26)27)10-15(9-13)22(28)29/h1-5,8-10,16-19,23-24H,6-7,11H2/t16-,17-,18-,19+/m1/s1. The van der Waals surface area contributed by atoms with Crippen molar-refractivity contribution in [2.24, 2.45) is 0 Å². The largest absolute Gasteiger partial charge is 0.456 e. The van der Waals surface area contributed by atoms with Gasteiger partial charge in [-0.1, -0.05) is 30.3 Å². The maximum Gasteiger partial charge on any atom is 0.339 e. The van der Waals surface area contributed by atoms with Gasteiger partial charge in [-0.15, -0.1) is 0 Å². The Morgan fingerprint density at radius 2 is 1.48 bits per heavy atom. The third-order valence-electron chi connectivity index (χ3n) is 4.97. The zero-order valence-electron chi connectivity index (χ0n) is 16.2. The van der Waals surface area contributed by atoms with E-state index in [1.807, 2.05) is 30.3 Å². The van der Waals surface area contributed by atoms with Gasteiger partial charge in [-0.25, -0.2) is 4.79 Å². The Hall–Kier alpha value is -3.41. The molecule has 4 atom stereocenters. The molecule has 0 aliphatic heterocycles. The Morgan fingerprint density at radius 1 is 0.935 bits per heavy atom. The molecular formula is C20H20N2O9. The number of carbonyl (C=O) groups excluding carboxylic acids is 1. The van der Waals surface area contributed by atoms with E-state index in [2.05, 4.69) is 0 Å². The van der Waals surface area contributed by atoms with Crippen molar-refractivity contribution in [3.63, 3.8) is 0 Å². The van der Waals surface area contributed by atoms with Crippen LogP contribution in [0.4, 0.5) is 11.4 Å². The van der Waals surface area contributed by atoms with Crippen LogP contribution in [0.5, 0.6) is 0 Å². The number of nitrogens with zero attached hydrogens (tertiary/aromatic N) is 2. The minimum Gasteiger partial charge on any atom is -0.456 e. The molecule has 2 N–H and O–H groups in total. The molecule has 164 valence electrons. The van der Waals surface area contributed by atoms with Crippen LogP contribution in [0.15, 0.2) is 48.5 Å². The lowest BCUT2D eigenvalue weighted by atomic mass is 9.89. The third-order valence-corrected chi connectivity index (χ3v) is 4.97. The lowest BCUT2D eigenvalue weighted by molar-refractivity contribution is -0.394. The average Bonchev–Trinajstić information content (AvgIpc) is 2.76. The molecule has 1 aliphatic carbocycles. The fraction of sp³-hybridized carbons (Fsp3) is 0.350. The van der Waals surface area contributed by atoms with Gasteiger partial charge in [0.1, 0.15) is 18.3 Å². The smallest absolute Gasteiger partial charge is 0.339 e. The highest BCUT2D eigenvalue weighted by Gasteiger charge is 2.40. The molecule has 0 aromatic heterocycles. The van der Waals surface area contributed by atoms with Crippen molar-refractivity contribution < 1.29 is 34.3 Å². The van der Waals surface area contributed by atoms with E-state index in [1.54, 1.807) is 0 Å². The Kier molecular flexibility index (Phi) is 6.90. The normalized spacial score (nSPS) is 23.2. The molecule has 0 saturated heterocycles. The van der Waals surface area contributed by atoms with Crippen molar-refractivity contribution in [3.8, 4) is 0 Å². The first-order chi connectivity index (χ1) is 14.8. The first-order valence-electron chi connectivity index (χ1n) is 9.43. The van der Waals surface area contributed by atoms with Crippen LogP contribution in [-0.4, -0.2) is 50.4 Å². The Balaban J connectivity index is 1.65. The van der Waals surface area contributed by atoms with Gasteiger partial charge in [0, 0.05) is 12.1 Å². The summed E-state index contributed by atoms with van der Waals surface area (Å²) in [6.45, 7) is 0.233. The molecule has 0 spiro atoms. The monoisotopic (exact) mass is 432 g/mol. The van der Waals surface area contributed by atoms with Crippen LogP contribution < -0.4 is 0 Å². The van der Waals surface area contributed by atoms with Gasteiger partial charge in [-0.3, -0.25) is 20.2 Å². The number of benzene rings is 2. The number of non-ortho nitro benzene ring substituents is 2. The number of rotatable bonds is 7. The fourth-order valence-corrected chi connectivity index (χ4v) is 3.33. The maximum absolute atomic E-state index is 12.4. The van der Waals surface area contributed by atoms with Crippen molar-refractivity contribution >= 4 is 17.3 Å². The number of aliphatic hydroxyl groups excluding tert-OH is 2. The summed E-state index contributed by atoms with van der Waals surface area (Å²) in [5.74, 6) is -1.08. The lowest BCUT2D eigenvalue weighted by Gasteiger charge is -2.36. The van der Waals surface area contributed by atoms with Crippen LogP contribution in [0, 0.1) is 20.2 Å². The fourth-order valence-electron chi connectivity index (χ4n) is 3.33. The Morgan fingerprint density at radius 3 is 2.06 bits per heavy atom. The van der Waals surface area contributed by atoms with Crippen LogP contribution >= 0.6 is 0 Å². The van der Waals surface area contributed by atoms with E-state index in [0.717, 1.165) is 23.8 Å². The molecule has 0 unspecified atom stereocenters. The third kappa shape index (κ3) is 5.40. The maximum atomic E-state index is 12.4. The van der Waals surface area contributed by atoms with E-state index in [-0.39, 0.29) is 19.4 Å². The van der Waals surface area contributed by atoms with Crippen molar-refractivity contribution in [1.29, 1.82) is 0 Å². The second-order valence-corrected chi connectivity index (χ2v) is 7.09. The van der Waals surface area contributed by atoms with Gasteiger partial charge in [-0.05, 0) is 18.4 Å². The predicted molar refractivity (Wildman–Crippen MR) is 105 cm³/mol. The number of nitro groups is 2. The molecule has 11 nitrogen and oxygen atoms in total. The molecule has 2 aromatic rings. The molecule has 31 heavy (non-hydrogen) atoms. The van der Waals surface area contributed by atoms with Gasteiger partial charge < -0.3 is 19.7 Å². The minimum absolute atomic E-state index is 0.167. The topological polar surface area (TPSA) is 162 Å². The molecule has 0 bridgehead atoms. The number of esters is 1. The van der Waals surface area contributed by atoms with Crippen LogP contribution in [0.2, 0.25) is 0 Å². The number of hydrogen-bond donors (Lipinski definition) is 2. The van der Waals surface area contributed by atoms with Crippen LogP contribution in [-0.2, 0) is 16.1 Å². The molecule has 0 radical (unpaired) electrons. The summed E-state index contributed by atoms with van der Waals surface area (Å²) in [7, 11) is 0. The molecule has 3 rings (SSSR count). The number of aliphatic hydroxyl groups is 2. The first kappa shape index (κ1) is 22.3. The second-order valence-electron chi connectivity index (χ2n) is 7.09. The first-order valence-corrected chi connectivity index (χ1v) is 9.43. The summed E-state index contributed by atoms with van der Waals surface area (Å²) >= 11 is 0. The van der Waals surface area contributed by atoms with E-state index in [4.69, 9.17) is 9.47 Å². The highest BCUT2D eigenvalue weighted by Crippen LogP contribution is 2.28. The van der Waals surface area contributed by atoms with Crippen LogP contribution in [0.1, 0.15) is 28.8 Å². The zero-order valence-corrected chi connectivity index (χ0v) is 16.2. The summed E-state index contributed by atoms with van der Waals surface area (Å²) in [5, 5.41) is 42.7. The molecular weight excluding hydrogens is 412 g/mol. The molecule has 1 saturated carbocycles. The second kappa shape index (κ2) is 9.60. The van der Waals surface area contributed by atoms with Gasteiger partial charge >= 0.3 is 5.97 Å². The summed E-state index contributed by atoms with van der Waals surface area (Å²) < 4.78 is 10.9. The van der Waals surface area contributed by atoms with Gasteiger partial charge in [-0.2, -0.15) is 0 Å². The zero-order chi connectivity index (χ0) is 22.5.